The number of hydrogen-bond acceptors (Lipinski definition) is 5. The highest BCUT2D eigenvalue weighted by Crippen LogP contribution is 2.22. The molecule has 0 aliphatic heterocycles. The molecular weight excluding hydrogens is 302 g/mol. The van der Waals surface area contributed by atoms with Gasteiger partial charge in [-0.15, -0.1) is 0 Å². The average molecular weight is 327 g/mol. The first kappa shape index (κ1) is 17.7. The van der Waals surface area contributed by atoms with Crippen LogP contribution in [0.1, 0.15) is 31.3 Å². The number of anilines is 1. The van der Waals surface area contributed by atoms with E-state index in [9.17, 15) is 0 Å². The fourth-order valence-corrected chi connectivity index (χ4v) is 2.57. The van der Waals surface area contributed by atoms with E-state index < -0.39 is 0 Å². The van der Waals surface area contributed by atoms with Gasteiger partial charge in [0.1, 0.15) is 0 Å². The Morgan fingerprint density at radius 1 is 1.46 bits per heavy atom. The third-order valence-electron chi connectivity index (χ3n) is 3.64. The van der Waals surface area contributed by atoms with Gasteiger partial charge in [0.25, 0.3) is 0 Å². The summed E-state index contributed by atoms with van der Waals surface area (Å²) >= 11 is 0. The summed E-state index contributed by atoms with van der Waals surface area (Å²) in [6.07, 6.45) is 3.77. The van der Waals surface area contributed by atoms with E-state index in [0.717, 1.165) is 29.3 Å². The summed E-state index contributed by atoms with van der Waals surface area (Å²) in [6.45, 7) is 9.08. The Morgan fingerprint density at radius 3 is 2.88 bits per heavy atom. The zero-order valence-corrected chi connectivity index (χ0v) is 14.5. The number of pyridine rings is 1. The molecular formula is C18H25N5O. The number of ether oxygens (including phenoxy) is 1. The molecule has 2 aromatic rings. The zero-order valence-electron chi connectivity index (χ0n) is 14.5. The molecule has 0 saturated heterocycles. The Hall–Kier alpha value is -2.60. The van der Waals surface area contributed by atoms with Gasteiger partial charge in [0.05, 0.1) is 41.3 Å². The van der Waals surface area contributed by atoms with Crippen molar-refractivity contribution in [3.05, 3.63) is 60.4 Å². The lowest BCUT2D eigenvalue weighted by Gasteiger charge is -2.14. The molecule has 3 N–H and O–H groups in total. The number of nitrogens with two attached hydrogens (primary N) is 1. The second-order valence-electron chi connectivity index (χ2n) is 5.56. The molecule has 0 aliphatic rings. The molecule has 0 saturated carbocycles. The normalized spacial score (nSPS) is 12.9. The summed E-state index contributed by atoms with van der Waals surface area (Å²) in [5.74, 6) is 0.395. The number of aromatic nitrogens is 2. The second kappa shape index (κ2) is 8.31. The Bertz CT molecular complexity index is 705. The van der Waals surface area contributed by atoms with Gasteiger partial charge >= 0.3 is 0 Å². The summed E-state index contributed by atoms with van der Waals surface area (Å²) < 4.78 is 7.28. The lowest BCUT2D eigenvalue weighted by atomic mass is 10.2. The van der Waals surface area contributed by atoms with Crippen LogP contribution in [-0.2, 0) is 11.3 Å². The van der Waals surface area contributed by atoms with E-state index in [1.54, 1.807) is 13.3 Å². The number of rotatable bonds is 8. The fraction of sp³-hybridized carbons (Fsp3) is 0.333. The first-order valence-electron chi connectivity index (χ1n) is 7.88. The van der Waals surface area contributed by atoms with Crippen molar-refractivity contribution in [1.82, 2.24) is 9.55 Å². The molecule has 0 amide bonds. The number of methoxy groups -OCH3 is 1. The van der Waals surface area contributed by atoms with Crippen LogP contribution in [0.25, 0.3) is 0 Å². The van der Waals surface area contributed by atoms with Crippen LogP contribution in [0.2, 0.25) is 0 Å². The molecule has 0 fully saturated rings. The minimum absolute atomic E-state index is 0.0362. The number of hydrogen-bond donors (Lipinski definition) is 2. The first-order chi connectivity index (χ1) is 11.5. The summed E-state index contributed by atoms with van der Waals surface area (Å²) in [6, 6.07) is 7.78. The van der Waals surface area contributed by atoms with Gasteiger partial charge in [-0.25, -0.2) is 0 Å². The average Bonchev–Trinajstić information content (AvgIpc) is 2.95. The van der Waals surface area contributed by atoms with Gasteiger partial charge in [-0.2, -0.15) is 0 Å². The maximum atomic E-state index is 5.71. The van der Waals surface area contributed by atoms with Crippen molar-refractivity contribution in [2.24, 2.45) is 10.7 Å². The molecule has 2 aromatic heterocycles. The minimum Gasteiger partial charge on any atom is -0.386 e. The highest BCUT2D eigenvalue weighted by molar-refractivity contribution is 6.02. The predicted molar refractivity (Wildman–Crippen MR) is 98.1 cm³/mol. The Morgan fingerprint density at radius 2 is 2.25 bits per heavy atom. The molecule has 0 radical (unpaired) electrons. The van der Waals surface area contributed by atoms with Gasteiger partial charge in [0.2, 0.25) is 0 Å². The van der Waals surface area contributed by atoms with Crippen molar-refractivity contribution in [2.45, 2.75) is 26.4 Å². The van der Waals surface area contributed by atoms with Gasteiger partial charge < -0.3 is 20.4 Å². The monoisotopic (exact) mass is 327 g/mol. The summed E-state index contributed by atoms with van der Waals surface area (Å²) in [4.78, 5) is 9.18. The highest BCUT2D eigenvalue weighted by atomic mass is 16.5. The molecule has 0 aliphatic carbocycles. The number of aliphatic imine (C=N–C) groups is 1. The molecule has 2 heterocycles. The van der Waals surface area contributed by atoms with Gasteiger partial charge in [-0.3, -0.25) is 9.98 Å². The summed E-state index contributed by atoms with van der Waals surface area (Å²) in [7, 11) is 1.69. The Balaban J connectivity index is 2.34. The molecule has 6 heteroatoms. The molecule has 6 nitrogen and oxygen atoms in total. The largest absolute Gasteiger partial charge is 0.386 e. The van der Waals surface area contributed by atoms with Crippen LogP contribution < -0.4 is 11.1 Å². The molecule has 24 heavy (non-hydrogen) atoms. The molecule has 0 spiro atoms. The van der Waals surface area contributed by atoms with Gasteiger partial charge in [0, 0.05) is 26.0 Å². The molecule has 1 unspecified atom stereocenters. The van der Waals surface area contributed by atoms with Crippen molar-refractivity contribution in [2.75, 3.05) is 19.0 Å². The standard InChI is InChI=1S/C18H25N5O/c1-13(16-7-5-6-9-20-16)21-14(2)18-17(22-15(3)19)8-10-23(18)11-12-24-4/h5-10,13,22H,3,11-12,19H2,1-2,4H3. The number of nitrogens with one attached hydrogen (secondary N) is 1. The van der Waals surface area contributed by atoms with Crippen LogP contribution >= 0.6 is 0 Å². The van der Waals surface area contributed by atoms with Crippen LogP contribution in [0.15, 0.2) is 54.1 Å². The van der Waals surface area contributed by atoms with E-state index in [0.29, 0.717) is 12.4 Å². The van der Waals surface area contributed by atoms with Gasteiger partial charge in [-0.1, -0.05) is 12.6 Å². The highest BCUT2D eigenvalue weighted by Gasteiger charge is 2.14. The van der Waals surface area contributed by atoms with Crippen LogP contribution in [0.5, 0.6) is 0 Å². The zero-order chi connectivity index (χ0) is 17.5. The van der Waals surface area contributed by atoms with Crippen molar-refractivity contribution >= 4 is 11.4 Å². The topological polar surface area (TPSA) is 77.5 Å². The van der Waals surface area contributed by atoms with E-state index in [1.807, 2.05) is 44.3 Å². The molecule has 0 bridgehead atoms. The van der Waals surface area contributed by atoms with Crippen LogP contribution in [0.4, 0.5) is 5.69 Å². The quantitative estimate of drug-likeness (QED) is 0.731. The first-order valence-corrected chi connectivity index (χ1v) is 7.88. The van der Waals surface area contributed by atoms with E-state index in [-0.39, 0.29) is 6.04 Å². The Labute approximate surface area is 143 Å². The van der Waals surface area contributed by atoms with Crippen LogP contribution in [0, 0.1) is 0 Å². The lowest BCUT2D eigenvalue weighted by molar-refractivity contribution is 0.187. The van der Waals surface area contributed by atoms with Crippen LogP contribution in [-0.4, -0.2) is 29.0 Å². The maximum absolute atomic E-state index is 5.71. The SMILES string of the molecule is C=C(N)Nc1ccn(CCOC)c1C(C)=NC(C)c1ccccn1. The minimum atomic E-state index is -0.0362. The van der Waals surface area contributed by atoms with Crippen LogP contribution in [0.3, 0.4) is 0 Å². The molecule has 0 aromatic carbocycles. The third kappa shape index (κ3) is 4.45. The second-order valence-corrected chi connectivity index (χ2v) is 5.56. The lowest BCUT2D eigenvalue weighted by Crippen LogP contribution is -2.15. The third-order valence-corrected chi connectivity index (χ3v) is 3.64. The van der Waals surface area contributed by atoms with Crippen molar-refractivity contribution in [3.8, 4) is 0 Å². The van der Waals surface area contributed by atoms with Crippen molar-refractivity contribution < 1.29 is 4.74 Å². The van der Waals surface area contributed by atoms with Crippen molar-refractivity contribution in [3.63, 3.8) is 0 Å². The summed E-state index contributed by atoms with van der Waals surface area (Å²) in [5, 5.41) is 3.09. The van der Waals surface area contributed by atoms with Gasteiger partial charge in [0.15, 0.2) is 0 Å². The van der Waals surface area contributed by atoms with E-state index >= 15 is 0 Å². The van der Waals surface area contributed by atoms with E-state index in [4.69, 9.17) is 15.5 Å². The van der Waals surface area contributed by atoms with Gasteiger partial charge in [-0.05, 0) is 32.0 Å². The Kier molecular flexibility index (Phi) is 6.14. The maximum Gasteiger partial charge on any atom is 0.0931 e. The smallest absolute Gasteiger partial charge is 0.0931 e. The van der Waals surface area contributed by atoms with E-state index in [2.05, 4.69) is 21.4 Å². The molecule has 1 atom stereocenters. The predicted octanol–water partition coefficient (Wildman–Crippen LogP) is 2.94. The summed E-state index contributed by atoms with van der Waals surface area (Å²) in [5.41, 5.74) is 9.40. The van der Waals surface area contributed by atoms with Crippen molar-refractivity contribution in [1.29, 1.82) is 0 Å². The van der Waals surface area contributed by atoms with E-state index in [1.165, 1.54) is 0 Å². The molecule has 2 rings (SSSR count). The fourth-order valence-electron chi connectivity index (χ4n) is 2.57. The molecule has 128 valence electrons. The number of nitrogens with zero attached hydrogens (tertiary/aromatic N) is 3.